The highest BCUT2D eigenvalue weighted by Crippen LogP contribution is 2.46. The zero-order valence-corrected chi connectivity index (χ0v) is 19.8. The van der Waals surface area contributed by atoms with E-state index in [2.05, 4.69) is 10.6 Å². The molecule has 7 nitrogen and oxygen atoms in total. The van der Waals surface area contributed by atoms with Gasteiger partial charge in [-0.3, -0.25) is 9.69 Å². The summed E-state index contributed by atoms with van der Waals surface area (Å²) in [5.74, 6) is 1.17. The molecule has 0 unspecified atom stereocenters. The fourth-order valence-corrected chi connectivity index (χ4v) is 5.38. The molecule has 3 aromatic rings. The number of amides is 2. The van der Waals surface area contributed by atoms with Crippen LogP contribution in [-0.4, -0.2) is 26.0 Å². The van der Waals surface area contributed by atoms with E-state index in [-0.39, 0.29) is 11.8 Å². The van der Waals surface area contributed by atoms with E-state index < -0.39 is 6.04 Å². The first-order valence-electron chi connectivity index (χ1n) is 11.1. The Morgan fingerprint density at radius 1 is 1.09 bits per heavy atom. The van der Waals surface area contributed by atoms with Crippen LogP contribution in [0.3, 0.4) is 0 Å². The second-order valence-corrected chi connectivity index (χ2v) is 9.07. The Kier molecular flexibility index (Phi) is 5.98. The summed E-state index contributed by atoms with van der Waals surface area (Å²) in [5, 5.41) is 8.44. The minimum atomic E-state index is -0.546. The van der Waals surface area contributed by atoms with Crippen LogP contribution < -0.4 is 25.0 Å². The number of hydrogen-bond acceptors (Lipinski definition) is 6. The van der Waals surface area contributed by atoms with Crippen LogP contribution in [-0.2, 0) is 4.79 Å². The number of thiophene rings is 1. The number of anilines is 3. The molecule has 2 N–H and O–H groups in total. The number of urea groups is 1. The standard InChI is InChI=1S/C26H25N3O4S/c1-32-16-12-13-22(33-2)19(15-16)28-26(31)29-20-9-4-3-7-17(20)27-18-8-5-10-21(30)24(18)25(29)23-11-6-14-34-23/h3-4,6-7,9,11-15,25,27H,5,8,10H2,1-2H3,(H,28,31)/t25-/m0/s1. The molecule has 1 aromatic heterocycles. The second kappa shape index (κ2) is 9.23. The molecule has 2 aromatic carbocycles. The summed E-state index contributed by atoms with van der Waals surface area (Å²) in [4.78, 5) is 29.9. The molecule has 0 saturated heterocycles. The molecule has 0 fully saturated rings. The number of nitrogens with zero attached hydrogens (tertiary/aromatic N) is 1. The molecule has 1 aliphatic heterocycles. The lowest BCUT2D eigenvalue weighted by Crippen LogP contribution is -2.40. The molecule has 1 aliphatic carbocycles. The van der Waals surface area contributed by atoms with Crippen LogP contribution in [0.1, 0.15) is 30.2 Å². The third-order valence-corrected chi connectivity index (χ3v) is 7.04. The van der Waals surface area contributed by atoms with E-state index >= 15 is 0 Å². The highest BCUT2D eigenvalue weighted by atomic mass is 32.1. The van der Waals surface area contributed by atoms with Crippen LogP contribution >= 0.6 is 11.3 Å². The number of rotatable bonds is 4. The van der Waals surface area contributed by atoms with Crippen LogP contribution in [0.25, 0.3) is 0 Å². The smallest absolute Gasteiger partial charge is 0.327 e. The Morgan fingerprint density at radius 3 is 2.71 bits per heavy atom. The van der Waals surface area contributed by atoms with Gasteiger partial charge in [0.1, 0.15) is 17.5 Å². The maximum Gasteiger partial charge on any atom is 0.327 e. The van der Waals surface area contributed by atoms with Gasteiger partial charge in [0.15, 0.2) is 5.78 Å². The predicted octanol–water partition coefficient (Wildman–Crippen LogP) is 5.98. The van der Waals surface area contributed by atoms with Crippen molar-refractivity contribution in [1.82, 2.24) is 0 Å². The number of fused-ring (bicyclic) bond motifs is 1. The first-order valence-corrected chi connectivity index (χ1v) is 12.0. The van der Waals surface area contributed by atoms with Gasteiger partial charge in [0.25, 0.3) is 0 Å². The minimum absolute atomic E-state index is 0.0664. The lowest BCUT2D eigenvalue weighted by Gasteiger charge is -2.33. The number of carbonyl (C=O) groups is 2. The van der Waals surface area contributed by atoms with Crippen molar-refractivity contribution in [3.8, 4) is 11.5 Å². The van der Waals surface area contributed by atoms with E-state index in [0.717, 1.165) is 29.1 Å². The van der Waals surface area contributed by atoms with Crippen LogP contribution in [0.4, 0.5) is 21.9 Å². The van der Waals surface area contributed by atoms with Gasteiger partial charge in [-0.1, -0.05) is 18.2 Å². The fraction of sp³-hybridized carbons (Fsp3) is 0.231. The number of allylic oxidation sites excluding steroid dienone is 1. The number of methoxy groups -OCH3 is 2. The molecule has 2 heterocycles. The van der Waals surface area contributed by atoms with E-state index in [0.29, 0.717) is 34.9 Å². The lowest BCUT2D eigenvalue weighted by atomic mass is 9.88. The minimum Gasteiger partial charge on any atom is -0.497 e. The number of benzene rings is 2. The van der Waals surface area contributed by atoms with Gasteiger partial charge in [0.05, 0.1) is 31.3 Å². The SMILES string of the molecule is COc1ccc(OC)c(NC(=O)N2c3ccccc3NC3=C(C(=O)CCC3)[C@@H]2c2cccs2)c1. The van der Waals surface area contributed by atoms with Crippen molar-refractivity contribution in [2.24, 2.45) is 0 Å². The summed E-state index contributed by atoms with van der Waals surface area (Å²) in [7, 11) is 3.12. The second-order valence-electron chi connectivity index (χ2n) is 8.10. The average molecular weight is 476 g/mol. The Balaban J connectivity index is 1.66. The monoisotopic (exact) mass is 475 g/mol. The Hall–Kier alpha value is -3.78. The number of Topliss-reactive ketones (excluding diaryl/α,β-unsaturated/α-hetero) is 1. The van der Waals surface area contributed by atoms with Crippen molar-refractivity contribution < 1.29 is 19.1 Å². The number of hydrogen-bond donors (Lipinski definition) is 2. The molecule has 34 heavy (non-hydrogen) atoms. The third-order valence-electron chi connectivity index (χ3n) is 6.12. The first-order chi connectivity index (χ1) is 16.6. The number of ketones is 1. The number of nitrogens with one attached hydrogen (secondary N) is 2. The average Bonchev–Trinajstić information content (AvgIpc) is 3.33. The highest BCUT2D eigenvalue weighted by molar-refractivity contribution is 7.10. The van der Waals surface area contributed by atoms with Crippen molar-refractivity contribution >= 4 is 40.2 Å². The molecular formula is C26H25N3O4S. The summed E-state index contributed by atoms with van der Waals surface area (Å²) in [6.07, 6.45) is 2.02. The maximum atomic E-state index is 14.0. The summed E-state index contributed by atoms with van der Waals surface area (Å²) in [5.41, 5.74) is 3.50. The number of para-hydroxylation sites is 2. The molecule has 0 radical (unpaired) electrons. The molecule has 1 atom stereocenters. The van der Waals surface area contributed by atoms with E-state index in [1.54, 1.807) is 37.3 Å². The van der Waals surface area contributed by atoms with Crippen LogP contribution in [0.15, 0.2) is 71.2 Å². The van der Waals surface area contributed by atoms with E-state index in [1.807, 2.05) is 41.8 Å². The molecular weight excluding hydrogens is 450 g/mol. The van der Waals surface area contributed by atoms with Crippen LogP contribution in [0, 0.1) is 0 Å². The van der Waals surface area contributed by atoms with Gasteiger partial charge in [0, 0.05) is 28.6 Å². The molecule has 0 spiro atoms. The van der Waals surface area contributed by atoms with Crippen molar-refractivity contribution in [1.29, 1.82) is 0 Å². The Morgan fingerprint density at radius 2 is 1.94 bits per heavy atom. The van der Waals surface area contributed by atoms with Crippen molar-refractivity contribution in [2.75, 3.05) is 29.8 Å². The van der Waals surface area contributed by atoms with Crippen molar-refractivity contribution in [3.63, 3.8) is 0 Å². The summed E-state index contributed by atoms with van der Waals surface area (Å²) in [6.45, 7) is 0. The summed E-state index contributed by atoms with van der Waals surface area (Å²) >= 11 is 1.53. The van der Waals surface area contributed by atoms with Crippen molar-refractivity contribution in [2.45, 2.75) is 25.3 Å². The van der Waals surface area contributed by atoms with Crippen molar-refractivity contribution in [3.05, 3.63) is 76.1 Å². The zero-order chi connectivity index (χ0) is 23.7. The summed E-state index contributed by atoms with van der Waals surface area (Å²) < 4.78 is 10.8. The summed E-state index contributed by atoms with van der Waals surface area (Å²) in [6, 6.07) is 15.9. The normalized spacial score (nSPS) is 17.3. The highest BCUT2D eigenvalue weighted by Gasteiger charge is 2.40. The zero-order valence-electron chi connectivity index (χ0n) is 19.0. The molecule has 174 valence electrons. The topological polar surface area (TPSA) is 79.9 Å². The van der Waals surface area contributed by atoms with E-state index in [4.69, 9.17) is 9.47 Å². The lowest BCUT2D eigenvalue weighted by molar-refractivity contribution is -0.116. The Labute approximate surface area is 202 Å². The molecule has 2 amide bonds. The van der Waals surface area contributed by atoms with Gasteiger partial charge in [-0.25, -0.2) is 4.79 Å². The quantitative estimate of drug-likeness (QED) is 0.485. The molecule has 2 aliphatic rings. The largest absolute Gasteiger partial charge is 0.497 e. The predicted molar refractivity (Wildman–Crippen MR) is 134 cm³/mol. The molecule has 0 bridgehead atoms. The fourth-order valence-electron chi connectivity index (χ4n) is 4.56. The maximum absolute atomic E-state index is 14.0. The van der Waals surface area contributed by atoms with Gasteiger partial charge < -0.3 is 20.1 Å². The van der Waals surface area contributed by atoms with Crippen LogP contribution in [0.5, 0.6) is 11.5 Å². The third kappa shape index (κ3) is 3.90. The van der Waals surface area contributed by atoms with Gasteiger partial charge in [-0.2, -0.15) is 0 Å². The molecule has 5 rings (SSSR count). The molecule has 8 heteroatoms. The molecule has 0 saturated carbocycles. The van der Waals surface area contributed by atoms with Gasteiger partial charge in [0.2, 0.25) is 0 Å². The van der Waals surface area contributed by atoms with Gasteiger partial charge in [-0.05, 0) is 48.6 Å². The van der Waals surface area contributed by atoms with E-state index in [1.165, 1.54) is 11.3 Å². The first kappa shape index (κ1) is 22.0. The van der Waals surface area contributed by atoms with Crippen LogP contribution in [0.2, 0.25) is 0 Å². The Bertz CT molecular complexity index is 1270. The number of ether oxygens (including phenoxy) is 2. The number of carbonyl (C=O) groups excluding carboxylic acids is 2. The van der Waals surface area contributed by atoms with Gasteiger partial charge in [-0.15, -0.1) is 11.3 Å². The van der Waals surface area contributed by atoms with Gasteiger partial charge >= 0.3 is 6.03 Å². The van der Waals surface area contributed by atoms with E-state index in [9.17, 15) is 9.59 Å².